The second-order valence-electron chi connectivity index (χ2n) is 7.26. The molecule has 1 heterocycles. The van der Waals surface area contributed by atoms with Crippen molar-refractivity contribution in [1.82, 2.24) is 9.62 Å². The summed E-state index contributed by atoms with van der Waals surface area (Å²) in [4.78, 5) is 13.4. The highest BCUT2D eigenvalue weighted by Gasteiger charge is 2.49. The molecule has 0 aliphatic carbocycles. The lowest BCUT2D eigenvalue weighted by Gasteiger charge is -2.29. The maximum Gasteiger partial charge on any atom is 0.324 e. The fourth-order valence-corrected chi connectivity index (χ4v) is 5.25. The quantitative estimate of drug-likeness (QED) is 0.636. The van der Waals surface area contributed by atoms with Crippen molar-refractivity contribution in [2.75, 3.05) is 7.11 Å². The number of benzene rings is 3. The average molecular weight is 421 g/mol. The second kappa shape index (κ2) is 8.92. The van der Waals surface area contributed by atoms with Gasteiger partial charge in [-0.3, -0.25) is 10.1 Å². The summed E-state index contributed by atoms with van der Waals surface area (Å²) >= 11 is 0. The topological polar surface area (TPSA) is 58.6 Å². The molecule has 1 fully saturated rings. The molecule has 1 aliphatic heterocycles. The second-order valence-corrected chi connectivity index (χ2v) is 8.65. The maximum atomic E-state index is 13.8. The van der Waals surface area contributed by atoms with E-state index in [2.05, 4.69) is 5.32 Å². The van der Waals surface area contributed by atoms with Crippen LogP contribution in [0.15, 0.2) is 89.8 Å². The fraction of sp³-hybridized carbons (Fsp3) is 0.208. The van der Waals surface area contributed by atoms with E-state index in [9.17, 15) is 9.00 Å². The molecule has 0 spiro atoms. The van der Waals surface area contributed by atoms with Crippen LogP contribution < -0.4 is 5.32 Å². The van der Waals surface area contributed by atoms with Crippen LogP contribution in [0.2, 0.25) is 0 Å². The number of esters is 1. The SMILES string of the molecule is COC(=O)[C@H]1N[C@H](c2ccccc2)N(S(=O)c2ccc(C)cc2)[C@@H]1c1ccccc1. The van der Waals surface area contributed by atoms with Gasteiger partial charge in [0.25, 0.3) is 0 Å². The van der Waals surface area contributed by atoms with Gasteiger partial charge in [0.15, 0.2) is 0 Å². The number of carbonyl (C=O) groups is 1. The van der Waals surface area contributed by atoms with Crippen molar-refractivity contribution in [3.8, 4) is 0 Å². The first kappa shape index (κ1) is 20.5. The van der Waals surface area contributed by atoms with Gasteiger partial charge in [-0.25, -0.2) is 4.21 Å². The molecular weight excluding hydrogens is 396 g/mol. The third-order valence-electron chi connectivity index (χ3n) is 5.31. The highest BCUT2D eigenvalue weighted by atomic mass is 32.2. The van der Waals surface area contributed by atoms with Crippen LogP contribution in [0.25, 0.3) is 0 Å². The van der Waals surface area contributed by atoms with Crippen LogP contribution in [-0.2, 0) is 20.5 Å². The lowest BCUT2D eigenvalue weighted by atomic mass is 10.0. The minimum atomic E-state index is -1.50. The molecule has 6 heteroatoms. The van der Waals surface area contributed by atoms with E-state index in [0.717, 1.165) is 16.7 Å². The number of ether oxygens (including phenoxy) is 1. The molecule has 3 aromatic carbocycles. The number of methoxy groups -OCH3 is 1. The Balaban J connectivity index is 1.84. The first-order chi connectivity index (χ1) is 14.6. The predicted molar refractivity (Wildman–Crippen MR) is 117 cm³/mol. The van der Waals surface area contributed by atoms with Crippen LogP contribution in [0.1, 0.15) is 28.9 Å². The Morgan fingerprint density at radius 1 is 0.900 bits per heavy atom. The molecule has 5 nitrogen and oxygen atoms in total. The van der Waals surface area contributed by atoms with Gasteiger partial charge in [0, 0.05) is 0 Å². The lowest BCUT2D eigenvalue weighted by Crippen LogP contribution is -2.37. The van der Waals surface area contributed by atoms with Gasteiger partial charge in [0.1, 0.15) is 17.0 Å². The van der Waals surface area contributed by atoms with Crippen LogP contribution in [0.4, 0.5) is 0 Å². The zero-order valence-corrected chi connectivity index (χ0v) is 17.7. The zero-order valence-electron chi connectivity index (χ0n) is 16.9. The van der Waals surface area contributed by atoms with Gasteiger partial charge >= 0.3 is 5.97 Å². The molecule has 0 aromatic heterocycles. The normalized spacial score (nSPS) is 22.5. The van der Waals surface area contributed by atoms with Crippen LogP contribution in [0.3, 0.4) is 0 Å². The Bertz CT molecular complexity index is 1030. The summed E-state index contributed by atoms with van der Waals surface area (Å²) in [6, 6.07) is 26.0. The number of hydrogen-bond acceptors (Lipinski definition) is 4. The van der Waals surface area contributed by atoms with Crippen molar-refractivity contribution >= 4 is 17.0 Å². The summed E-state index contributed by atoms with van der Waals surface area (Å²) in [5.41, 5.74) is 2.94. The van der Waals surface area contributed by atoms with Gasteiger partial charge < -0.3 is 4.74 Å². The van der Waals surface area contributed by atoms with Crippen LogP contribution >= 0.6 is 0 Å². The minimum absolute atomic E-state index is 0.381. The van der Waals surface area contributed by atoms with Crippen molar-refractivity contribution in [2.45, 2.75) is 30.1 Å². The Kier molecular flexibility index (Phi) is 6.08. The van der Waals surface area contributed by atoms with E-state index >= 15 is 0 Å². The molecule has 0 radical (unpaired) electrons. The first-order valence-electron chi connectivity index (χ1n) is 9.81. The highest BCUT2D eigenvalue weighted by Crippen LogP contribution is 2.41. The van der Waals surface area contributed by atoms with E-state index in [1.165, 1.54) is 7.11 Å². The predicted octanol–water partition coefficient (Wildman–Crippen LogP) is 3.90. The Morgan fingerprint density at radius 2 is 1.47 bits per heavy atom. The molecule has 1 aliphatic rings. The standard InChI is InChI=1S/C24H24N2O3S/c1-17-13-15-20(16-14-17)30(28)26-22(18-9-5-3-6-10-18)21(24(27)29-2)25-23(26)19-11-7-4-8-12-19/h3-16,21-23,25H,1-2H3/t21-,22+,23-,30?/m0/s1. The molecular formula is C24H24N2O3S. The summed E-state index contributed by atoms with van der Waals surface area (Å²) in [6.07, 6.45) is -0.414. The van der Waals surface area contributed by atoms with Gasteiger partial charge in [0.2, 0.25) is 0 Å². The molecule has 3 aromatic rings. The van der Waals surface area contributed by atoms with Crippen LogP contribution in [0, 0.1) is 6.92 Å². The largest absolute Gasteiger partial charge is 0.468 e. The number of nitrogens with one attached hydrogen (secondary N) is 1. The number of rotatable bonds is 5. The Morgan fingerprint density at radius 3 is 2.03 bits per heavy atom. The molecule has 1 N–H and O–H groups in total. The summed E-state index contributed by atoms with van der Waals surface area (Å²) in [7, 11) is -0.126. The average Bonchev–Trinajstić information content (AvgIpc) is 3.20. The molecule has 0 bridgehead atoms. The van der Waals surface area contributed by atoms with Crippen molar-refractivity contribution in [2.24, 2.45) is 0 Å². The summed E-state index contributed by atoms with van der Waals surface area (Å²) in [5.74, 6) is -0.381. The van der Waals surface area contributed by atoms with Gasteiger partial charge in [-0.1, -0.05) is 78.4 Å². The number of aryl methyl sites for hydroxylation is 1. The molecule has 4 rings (SSSR count). The van der Waals surface area contributed by atoms with E-state index in [1.807, 2.05) is 96.2 Å². The minimum Gasteiger partial charge on any atom is -0.468 e. The first-order valence-corrected chi connectivity index (χ1v) is 10.9. The fourth-order valence-electron chi connectivity index (χ4n) is 3.81. The van der Waals surface area contributed by atoms with Gasteiger partial charge in [-0.15, -0.1) is 0 Å². The molecule has 30 heavy (non-hydrogen) atoms. The van der Waals surface area contributed by atoms with Crippen molar-refractivity contribution in [3.05, 3.63) is 102 Å². The van der Waals surface area contributed by atoms with Gasteiger partial charge in [-0.05, 0) is 30.2 Å². The summed E-state index contributed by atoms with van der Waals surface area (Å²) < 4.78 is 20.8. The zero-order chi connectivity index (χ0) is 21.1. The number of carbonyl (C=O) groups excluding carboxylic acids is 1. The summed E-state index contributed by atoms with van der Waals surface area (Å²) in [6.45, 7) is 2.00. The third kappa shape index (κ3) is 3.94. The third-order valence-corrected chi connectivity index (χ3v) is 6.80. The van der Waals surface area contributed by atoms with Crippen LogP contribution in [0.5, 0.6) is 0 Å². The Hall–Kier alpha value is -2.80. The Labute approximate surface area is 179 Å². The lowest BCUT2D eigenvalue weighted by molar-refractivity contribution is -0.143. The monoisotopic (exact) mass is 420 g/mol. The van der Waals surface area contributed by atoms with Crippen molar-refractivity contribution < 1.29 is 13.7 Å². The molecule has 0 amide bonds. The van der Waals surface area contributed by atoms with Crippen molar-refractivity contribution in [1.29, 1.82) is 0 Å². The van der Waals surface area contributed by atoms with E-state index in [1.54, 1.807) is 0 Å². The number of nitrogens with zero attached hydrogens (tertiary/aromatic N) is 1. The van der Waals surface area contributed by atoms with Gasteiger partial charge in [0.05, 0.1) is 24.2 Å². The van der Waals surface area contributed by atoms with Gasteiger partial charge in [-0.2, -0.15) is 4.31 Å². The number of hydrogen-bond donors (Lipinski definition) is 1. The van der Waals surface area contributed by atoms with Crippen LogP contribution in [-0.4, -0.2) is 27.6 Å². The van der Waals surface area contributed by atoms with E-state index in [4.69, 9.17) is 4.74 Å². The molecule has 4 atom stereocenters. The summed E-state index contributed by atoms with van der Waals surface area (Å²) in [5, 5.41) is 3.38. The molecule has 1 unspecified atom stereocenters. The smallest absolute Gasteiger partial charge is 0.324 e. The highest BCUT2D eigenvalue weighted by molar-refractivity contribution is 7.82. The van der Waals surface area contributed by atoms with E-state index < -0.39 is 29.2 Å². The van der Waals surface area contributed by atoms with E-state index in [-0.39, 0.29) is 5.97 Å². The molecule has 1 saturated heterocycles. The maximum absolute atomic E-state index is 13.8. The van der Waals surface area contributed by atoms with E-state index in [0.29, 0.717) is 4.90 Å². The molecule has 0 saturated carbocycles. The molecule has 154 valence electrons. The van der Waals surface area contributed by atoms with Crippen molar-refractivity contribution in [3.63, 3.8) is 0 Å².